The fourth-order valence-corrected chi connectivity index (χ4v) is 3.49. The molecule has 7 nitrogen and oxygen atoms in total. The molecular formula is C17H14FN3O4S. The highest BCUT2D eigenvalue weighted by molar-refractivity contribution is 7.91. The first kappa shape index (κ1) is 17.7. The molecule has 0 aliphatic carbocycles. The van der Waals surface area contributed by atoms with E-state index < -0.39 is 27.3 Å². The lowest BCUT2D eigenvalue weighted by atomic mass is 10.2. The molecule has 1 aromatic heterocycles. The first-order valence-electron chi connectivity index (χ1n) is 7.55. The van der Waals surface area contributed by atoms with Crippen LogP contribution in [-0.2, 0) is 20.4 Å². The van der Waals surface area contributed by atoms with E-state index >= 15 is 0 Å². The summed E-state index contributed by atoms with van der Waals surface area (Å²) in [4.78, 5) is 11.9. The normalized spacial score (nSPS) is 11.3. The molecule has 3 aromatic rings. The number of carbonyl (C=O) groups is 1. The second-order valence-corrected chi connectivity index (χ2v) is 7.55. The van der Waals surface area contributed by atoms with Gasteiger partial charge < -0.3 is 4.42 Å². The molecule has 2 aromatic carbocycles. The molecule has 134 valence electrons. The molecule has 1 N–H and O–H groups in total. The fourth-order valence-electron chi connectivity index (χ4n) is 2.22. The number of aromatic nitrogens is 2. The summed E-state index contributed by atoms with van der Waals surface area (Å²) in [6, 6.07) is 13.7. The SMILES string of the molecule is O=C(CS(=O)(=O)Cc1ccccc1)Nc1nnc(-c2ccc(F)cc2)o1. The summed E-state index contributed by atoms with van der Waals surface area (Å²) < 4.78 is 42.3. The third-order valence-electron chi connectivity index (χ3n) is 3.34. The molecule has 0 saturated heterocycles. The van der Waals surface area contributed by atoms with Gasteiger partial charge in [0, 0.05) is 5.56 Å². The van der Waals surface area contributed by atoms with E-state index in [1.54, 1.807) is 30.3 Å². The number of nitrogens with zero attached hydrogens (tertiary/aromatic N) is 2. The summed E-state index contributed by atoms with van der Waals surface area (Å²) >= 11 is 0. The molecule has 0 unspecified atom stereocenters. The maximum absolute atomic E-state index is 12.9. The van der Waals surface area contributed by atoms with Crippen LogP contribution in [0.4, 0.5) is 10.4 Å². The number of nitrogens with one attached hydrogen (secondary N) is 1. The Morgan fingerprint density at radius 1 is 1.04 bits per heavy atom. The summed E-state index contributed by atoms with van der Waals surface area (Å²) in [5, 5.41) is 9.61. The van der Waals surface area contributed by atoms with Gasteiger partial charge in [-0.15, -0.1) is 5.10 Å². The quantitative estimate of drug-likeness (QED) is 0.710. The van der Waals surface area contributed by atoms with Crippen molar-refractivity contribution in [1.82, 2.24) is 10.2 Å². The zero-order valence-corrected chi connectivity index (χ0v) is 14.2. The summed E-state index contributed by atoms with van der Waals surface area (Å²) in [6.45, 7) is 0. The van der Waals surface area contributed by atoms with E-state index in [1.165, 1.54) is 24.3 Å². The number of carbonyl (C=O) groups excluding carboxylic acids is 1. The van der Waals surface area contributed by atoms with Crippen molar-refractivity contribution >= 4 is 21.8 Å². The molecule has 0 spiro atoms. The van der Waals surface area contributed by atoms with Gasteiger partial charge in [0.05, 0.1) is 5.75 Å². The predicted octanol–water partition coefficient (Wildman–Crippen LogP) is 2.43. The number of sulfone groups is 1. The monoisotopic (exact) mass is 375 g/mol. The summed E-state index contributed by atoms with van der Waals surface area (Å²) in [6.07, 6.45) is 0. The predicted molar refractivity (Wildman–Crippen MR) is 92.3 cm³/mol. The van der Waals surface area contributed by atoms with Crippen LogP contribution >= 0.6 is 0 Å². The van der Waals surface area contributed by atoms with Crippen LogP contribution < -0.4 is 5.32 Å². The standard InChI is InChI=1S/C17H14FN3O4S/c18-14-8-6-13(7-9-14)16-20-21-17(25-16)19-15(22)11-26(23,24)10-12-4-2-1-3-5-12/h1-9H,10-11H2,(H,19,21,22). The largest absolute Gasteiger partial charge is 0.403 e. The summed E-state index contributed by atoms with van der Waals surface area (Å²) in [5.41, 5.74) is 1.06. The lowest BCUT2D eigenvalue weighted by Crippen LogP contribution is -2.24. The summed E-state index contributed by atoms with van der Waals surface area (Å²) in [5.74, 6) is -2.07. The first-order chi connectivity index (χ1) is 12.4. The topological polar surface area (TPSA) is 102 Å². The van der Waals surface area contributed by atoms with Gasteiger partial charge in [-0.2, -0.15) is 0 Å². The van der Waals surface area contributed by atoms with Crippen molar-refractivity contribution in [3.8, 4) is 11.5 Å². The Balaban J connectivity index is 1.62. The lowest BCUT2D eigenvalue weighted by Gasteiger charge is -2.04. The van der Waals surface area contributed by atoms with Crippen molar-refractivity contribution in [1.29, 1.82) is 0 Å². The Bertz CT molecular complexity index is 1000. The first-order valence-corrected chi connectivity index (χ1v) is 9.37. The van der Waals surface area contributed by atoms with E-state index in [-0.39, 0.29) is 17.7 Å². The zero-order valence-electron chi connectivity index (χ0n) is 13.4. The highest BCUT2D eigenvalue weighted by Gasteiger charge is 2.19. The zero-order chi connectivity index (χ0) is 18.6. The van der Waals surface area contributed by atoms with Crippen LogP contribution in [0, 0.1) is 5.82 Å². The van der Waals surface area contributed by atoms with Gasteiger partial charge in [0.15, 0.2) is 9.84 Å². The van der Waals surface area contributed by atoms with Gasteiger partial charge >= 0.3 is 6.01 Å². The van der Waals surface area contributed by atoms with E-state index in [2.05, 4.69) is 15.5 Å². The molecule has 3 rings (SSSR count). The second-order valence-electron chi connectivity index (χ2n) is 5.49. The Hall–Kier alpha value is -3.07. The van der Waals surface area contributed by atoms with Crippen LogP contribution in [0.3, 0.4) is 0 Å². The second kappa shape index (κ2) is 7.44. The number of benzene rings is 2. The van der Waals surface area contributed by atoms with Gasteiger partial charge in [-0.1, -0.05) is 35.4 Å². The van der Waals surface area contributed by atoms with E-state index in [9.17, 15) is 17.6 Å². The van der Waals surface area contributed by atoms with Crippen molar-refractivity contribution in [3.05, 3.63) is 66.0 Å². The molecule has 0 bridgehead atoms. The Kier molecular flexibility index (Phi) is 5.08. The molecule has 9 heteroatoms. The summed E-state index contributed by atoms with van der Waals surface area (Å²) in [7, 11) is -3.65. The van der Waals surface area contributed by atoms with E-state index in [0.717, 1.165) is 0 Å². The van der Waals surface area contributed by atoms with Crippen LogP contribution in [0.25, 0.3) is 11.5 Å². The van der Waals surface area contributed by atoms with Gasteiger partial charge in [-0.05, 0) is 29.8 Å². The van der Waals surface area contributed by atoms with Crippen molar-refractivity contribution in [3.63, 3.8) is 0 Å². The Morgan fingerprint density at radius 2 is 1.73 bits per heavy atom. The van der Waals surface area contributed by atoms with Crippen LogP contribution in [0.2, 0.25) is 0 Å². The van der Waals surface area contributed by atoms with Crippen LogP contribution in [-0.4, -0.2) is 30.3 Å². The number of halogens is 1. The average Bonchev–Trinajstić information content (AvgIpc) is 3.03. The van der Waals surface area contributed by atoms with E-state index in [4.69, 9.17) is 4.42 Å². The van der Waals surface area contributed by atoms with Crippen LogP contribution in [0.5, 0.6) is 0 Å². The molecule has 0 radical (unpaired) electrons. The van der Waals surface area contributed by atoms with E-state index in [0.29, 0.717) is 11.1 Å². The maximum atomic E-state index is 12.9. The third-order valence-corrected chi connectivity index (χ3v) is 4.82. The van der Waals surface area contributed by atoms with Crippen molar-refractivity contribution in [2.45, 2.75) is 5.75 Å². The smallest absolute Gasteiger partial charge is 0.322 e. The Labute approximate surface area is 148 Å². The molecule has 0 aliphatic heterocycles. The van der Waals surface area contributed by atoms with Gasteiger partial charge in [-0.3, -0.25) is 10.1 Å². The minimum absolute atomic E-state index is 0.0763. The average molecular weight is 375 g/mol. The molecule has 0 aliphatic rings. The highest BCUT2D eigenvalue weighted by atomic mass is 32.2. The molecule has 1 amide bonds. The molecule has 0 fully saturated rings. The van der Waals surface area contributed by atoms with Gasteiger partial charge in [-0.25, -0.2) is 12.8 Å². The minimum atomic E-state index is -3.65. The number of rotatable bonds is 6. The maximum Gasteiger partial charge on any atom is 0.322 e. The van der Waals surface area contributed by atoms with Gasteiger partial charge in [0.2, 0.25) is 11.8 Å². The van der Waals surface area contributed by atoms with Crippen LogP contribution in [0.1, 0.15) is 5.56 Å². The van der Waals surface area contributed by atoms with Crippen molar-refractivity contribution < 1.29 is 22.0 Å². The lowest BCUT2D eigenvalue weighted by molar-refractivity contribution is -0.114. The van der Waals surface area contributed by atoms with Crippen molar-refractivity contribution in [2.75, 3.05) is 11.1 Å². The molecule has 26 heavy (non-hydrogen) atoms. The number of amides is 1. The number of anilines is 1. The van der Waals surface area contributed by atoms with Crippen molar-refractivity contribution in [2.24, 2.45) is 0 Å². The third kappa shape index (κ3) is 4.73. The fraction of sp³-hybridized carbons (Fsp3) is 0.118. The minimum Gasteiger partial charge on any atom is -0.403 e. The molecular weight excluding hydrogens is 361 g/mol. The Morgan fingerprint density at radius 3 is 2.42 bits per heavy atom. The number of hydrogen-bond acceptors (Lipinski definition) is 6. The molecule has 1 heterocycles. The highest BCUT2D eigenvalue weighted by Crippen LogP contribution is 2.20. The molecule has 0 atom stereocenters. The molecule has 0 saturated carbocycles. The van der Waals surface area contributed by atoms with E-state index in [1.807, 2.05) is 0 Å². The van der Waals surface area contributed by atoms with Gasteiger partial charge in [0.25, 0.3) is 0 Å². The van der Waals surface area contributed by atoms with Crippen LogP contribution in [0.15, 0.2) is 59.0 Å². The number of hydrogen-bond donors (Lipinski definition) is 1. The van der Waals surface area contributed by atoms with Gasteiger partial charge in [0.1, 0.15) is 11.6 Å².